The number of para-hydroxylation sites is 1. The van der Waals surface area contributed by atoms with Crippen LogP contribution in [0.3, 0.4) is 0 Å². The van der Waals surface area contributed by atoms with Crippen LogP contribution in [0.1, 0.15) is 25.9 Å². The monoisotopic (exact) mass is 361 g/mol. The van der Waals surface area contributed by atoms with Gasteiger partial charge in [-0.15, -0.1) is 11.3 Å². The van der Waals surface area contributed by atoms with E-state index in [9.17, 15) is 4.79 Å². The molecule has 0 aliphatic carbocycles. The van der Waals surface area contributed by atoms with Crippen LogP contribution in [-0.2, 0) is 22.6 Å². The van der Waals surface area contributed by atoms with Crippen molar-refractivity contribution in [3.8, 4) is 0 Å². The Kier molecular flexibility index (Phi) is 6.01. The number of nitrogens with zero attached hydrogens (tertiary/aromatic N) is 2. The molecule has 1 aromatic carbocycles. The average molecular weight is 361 g/mol. The molecule has 1 aromatic heterocycles. The lowest BCUT2D eigenvalue weighted by Gasteiger charge is -2.30. The first-order valence-corrected chi connectivity index (χ1v) is 9.14. The number of thiazole rings is 1. The first kappa shape index (κ1) is 17.8. The Morgan fingerprint density at radius 2 is 2.12 bits per heavy atom. The van der Waals surface area contributed by atoms with Gasteiger partial charge in [0.05, 0.1) is 37.6 Å². The van der Waals surface area contributed by atoms with Crippen molar-refractivity contribution in [2.75, 3.05) is 38.3 Å². The number of carbonyl (C=O) groups is 1. The summed E-state index contributed by atoms with van der Waals surface area (Å²) in [7, 11) is 1.65. The number of nitrogens with one attached hydrogen (secondary N) is 1. The highest BCUT2D eigenvalue weighted by Crippen LogP contribution is 2.22. The summed E-state index contributed by atoms with van der Waals surface area (Å²) in [5.41, 5.74) is 2.60. The third kappa shape index (κ3) is 4.36. The van der Waals surface area contributed by atoms with Gasteiger partial charge in [0.2, 0.25) is 0 Å². The van der Waals surface area contributed by atoms with E-state index >= 15 is 0 Å². The number of aromatic nitrogens is 1. The molecule has 134 valence electrons. The van der Waals surface area contributed by atoms with Gasteiger partial charge in [0.15, 0.2) is 0 Å². The van der Waals surface area contributed by atoms with Crippen molar-refractivity contribution >= 4 is 22.9 Å². The number of rotatable bonds is 6. The third-order valence-electron chi connectivity index (χ3n) is 4.11. The zero-order chi connectivity index (χ0) is 17.6. The molecule has 1 aliphatic heterocycles. The Morgan fingerprint density at radius 3 is 2.88 bits per heavy atom. The standard InChI is InChI=1S/C18H23N3O3S/c1-13-16(25-17(20-13)12-23-2)11-19-18(22)14-5-3-4-6-15(14)21-7-9-24-10-8-21/h3-6H,7-12H2,1-2H3,(H,19,22). The smallest absolute Gasteiger partial charge is 0.253 e. The molecule has 7 heteroatoms. The SMILES string of the molecule is COCc1nc(C)c(CNC(=O)c2ccccc2N2CCOCC2)s1. The first-order chi connectivity index (χ1) is 12.2. The number of carbonyl (C=O) groups excluding carboxylic acids is 1. The molecular formula is C18H23N3O3S. The molecule has 1 saturated heterocycles. The van der Waals surface area contributed by atoms with E-state index in [4.69, 9.17) is 9.47 Å². The molecule has 1 aliphatic rings. The van der Waals surface area contributed by atoms with Crippen molar-refractivity contribution in [2.24, 2.45) is 0 Å². The maximum atomic E-state index is 12.7. The highest BCUT2D eigenvalue weighted by atomic mass is 32.1. The largest absolute Gasteiger partial charge is 0.378 e. The van der Waals surface area contributed by atoms with Gasteiger partial charge in [0.1, 0.15) is 5.01 Å². The van der Waals surface area contributed by atoms with E-state index < -0.39 is 0 Å². The Hall–Kier alpha value is -1.96. The van der Waals surface area contributed by atoms with Gasteiger partial charge in [-0.25, -0.2) is 4.98 Å². The molecular weight excluding hydrogens is 338 g/mol. The van der Waals surface area contributed by atoms with Gasteiger partial charge < -0.3 is 19.7 Å². The minimum absolute atomic E-state index is 0.0665. The number of hydrogen-bond donors (Lipinski definition) is 1. The zero-order valence-electron chi connectivity index (χ0n) is 14.6. The van der Waals surface area contributed by atoms with Crippen LogP contribution in [-0.4, -0.2) is 44.3 Å². The van der Waals surface area contributed by atoms with E-state index in [-0.39, 0.29) is 5.91 Å². The van der Waals surface area contributed by atoms with Gasteiger partial charge in [-0.2, -0.15) is 0 Å². The summed E-state index contributed by atoms with van der Waals surface area (Å²) < 4.78 is 10.5. The fourth-order valence-corrected chi connectivity index (χ4v) is 3.82. The molecule has 1 fully saturated rings. The predicted octanol–water partition coefficient (Wildman–Crippen LogP) is 2.36. The quantitative estimate of drug-likeness (QED) is 0.856. The molecule has 0 radical (unpaired) electrons. The number of methoxy groups -OCH3 is 1. The van der Waals surface area contributed by atoms with Crippen molar-refractivity contribution < 1.29 is 14.3 Å². The second-order valence-corrected chi connectivity index (χ2v) is 7.02. The summed E-state index contributed by atoms with van der Waals surface area (Å²) in [5, 5.41) is 3.95. The van der Waals surface area contributed by atoms with Crippen molar-refractivity contribution in [3.63, 3.8) is 0 Å². The predicted molar refractivity (Wildman–Crippen MR) is 98.2 cm³/mol. The zero-order valence-corrected chi connectivity index (χ0v) is 15.4. The molecule has 2 heterocycles. The highest BCUT2D eigenvalue weighted by Gasteiger charge is 2.18. The molecule has 0 spiro atoms. The molecule has 0 bridgehead atoms. The molecule has 2 aromatic rings. The van der Waals surface area contributed by atoms with E-state index in [2.05, 4.69) is 15.2 Å². The number of amides is 1. The maximum absolute atomic E-state index is 12.7. The summed E-state index contributed by atoms with van der Waals surface area (Å²) >= 11 is 1.58. The van der Waals surface area contributed by atoms with Gasteiger partial charge >= 0.3 is 0 Å². The molecule has 1 N–H and O–H groups in total. The summed E-state index contributed by atoms with van der Waals surface area (Å²) in [5.74, 6) is -0.0665. The van der Waals surface area contributed by atoms with Crippen molar-refractivity contribution in [3.05, 3.63) is 45.4 Å². The van der Waals surface area contributed by atoms with Gasteiger partial charge in [-0.3, -0.25) is 4.79 Å². The van der Waals surface area contributed by atoms with Crippen molar-refractivity contribution in [2.45, 2.75) is 20.1 Å². The van der Waals surface area contributed by atoms with E-state index in [0.717, 1.165) is 34.4 Å². The van der Waals surface area contributed by atoms with Gasteiger partial charge in [0.25, 0.3) is 5.91 Å². The fourth-order valence-electron chi connectivity index (χ4n) is 2.84. The number of benzene rings is 1. The molecule has 3 rings (SSSR count). The van der Waals surface area contributed by atoms with Crippen LogP contribution >= 0.6 is 11.3 Å². The van der Waals surface area contributed by atoms with Crippen LogP contribution in [0.5, 0.6) is 0 Å². The molecule has 1 amide bonds. The summed E-state index contributed by atoms with van der Waals surface area (Å²) in [6.07, 6.45) is 0. The molecule has 6 nitrogen and oxygen atoms in total. The Balaban J connectivity index is 1.69. The molecule has 0 atom stereocenters. The van der Waals surface area contributed by atoms with E-state index in [1.54, 1.807) is 18.4 Å². The fraction of sp³-hybridized carbons (Fsp3) is 0.444. The average Bonchev–Trinajstić information content (AvgIpc) is 3.00. The second-order valence-electron chi connectivity index (χ2n) is 5.85. The Morgan fingerprint density at radius 1 is 1.36 bits per heavy atom. The Bertz CT molecular complexity index is 726. The Labute approximate surface area is 151 Å². The van der Waals surface area contributed by atoms with Crippen LogP contribution < -0.4 is 10.2 Å². The molecule has 0 unspecified atom stereocenters. The molecule has 25 heavy (non-hydrogen) atoms. The van der Waals surface area contributed by atoms with E-state index in [1.165, 1.54) is 0 Å². The normalized spacial score (nSPS) is 14.6. The van der Waals surface area contributed by atoms with Crippen LogP contribution in [0.2, 0.25) is 0 Å². The third-order valence-corrected chi connectivity index (χ3v) is 5.25. The van der Waals surface area contributed by atoms with Gasteiger partial charge in [-0.1, -0.05) is 12.1 Å². The second kappa shape index (κ2) is 8.42. The summed E-state index contributed by atoms with van der Waals surface area (Å²) in [6, 6.07) is 7.73. The first-order valence-electron chi connectivity index (χ1n) is 8.33. The van der Waals surface area contributed by atoms with Gasteiger partial charge in [0, 0.05) is 30.8 Å². The molecule has 0 saturated carbocycles. The lowest BCUT2D eigenvalue weighted by atomic mass is 10.1. The van der Waals surface area contributed by atoms with Gasteiger partial charge in [-0.05, 0) is 19.1 Å². The van der Waals surface area contributed by atoms with Crippen LogP contribution in [0.4, 0.5) is 5.69 Å². The number of morpholine rings is 1. The lowest BCUT2D eigenvalue weighted by molar-refractivity contribution is 0.0950. The lowest BCUT2D eigenvalue weighted by Crippen LogP contribution is -2.37. The summed E-state index contributed by atoms with van der Waals surface area (Å²) in [6.45, 7) is 5.93. The number of hydrogen-bond acceptors (Lipinski definition) is 6. The number of ether oxygens (including phenoxy) is 2. The maximum Gasteiger partial charge on any atom is 0.253 e. The van der Waals surface area contributed by atoms with Crippen LogP contribution in [0.25, 0.3) is 0 Å². The van der Waals surface area contributed by atoms with Crippen molar-refractivity contribution in [1.82, 2.24) is 10.3 Å². The van der Waals surface area contributed by atoms with E-state index in [1.807, 2.05) is 31.2 Å². The van der Waals surface area contributed by atoms with Crippen molar-refractivity contribution in [1.29, 1.82) is 0 Å². The minimum Gasteiger partial charge on any atom is -0.378 e. The number of anilines is 1. The number of aryl methyl sites for hydroxylation is 1. The highest BCUT2D eigenvalue weighted by molar-refractivity contribution is 7.11. The van der Waals surface area contributed by atoms with Crippen LogP contribution in [0.15, 0.2) is 24.3 Å². The summed E-state index contributed by atoms with van der Waals surface area (Å²) in [4.78, 5) is 20.4. The topological polar surface area (TPSA) is 63.7 Å². The van der Waals surface area contributed by atoms with Crippen LogP contribution in [0, 0.1) is 6.92 Å². The minimum atomic E-state index is -0.0665. The van der Waals surface area contributed by atoms with E-state index in [0.29, 0.717) is 31.9 Å².